The molecule has 1 aromatic rings. The van der Waals surface area contributed by atoms with Crippen molar-refractivity contribution in [1.29, 1.82) is 0 Å². The summed E-state index contributed by atoms with van der Waals surface area (Å²) < 4.78 is 5.30. The number of Topliss-reactive ketones (excluding diaryl/α,β-unsaturated/α-hetero) is 1. The van der Waals surface area contributed by atoms with Crippen LogP contribution in [-0.4, -0.2) is 12.4 Å². The zero-order valence-electron chi connectivity index (χ0n) is 9.00. The summed E-state index contributed by atoms with van der Waals surface area (Å²) in [6.07, 6.45) is 0.460. The number of hydrogen-bond donors (Lipinski definition) is 0. The molecule has 2 nitrogen and oxygen atoms in total. The van der Waals surface area contributed by atoms with E-state index in [1.807, 2.05) is 38.1 Å². The number of hydrogen-bond acceptors (Lipinski definition) is 2. The van der Waals surface area contributed by atoms with Gasteiger partial charge in [-0.05, 0) is 24.6 Å². The van der Waals surface area contributed by atoms with Crippen LogP contribution in [0.2, 0.25) is 0 Å². The van der Waals surface area contributed by atoms with Gasteiger partial charge in [0.2, 0.25) is 0 Å². The highest BCUT2D eigenvalue weighted by molar-refractivity contribution is 6.31. The van der Waals surface area contributed by atoms with E-state index in [-0.39, 0.29) is 5.78 Å². The number of carbonyl (C=O) groups excluding carboxylic acids is 1. The van der Waals surface area contributed by atoms with Crippen molar-refractivity contribution in [2.24, 2.45) is 0 Å². The fourth-order valence-electron chi connectivity index (χ4n) is 1.26. The van der Waals surface area contributed by atoms with E-state index in [0.717, 1.165) is 11.3 Å². The van der Waals surface area contributed by atoms with Gasteiger partial charge in [-0.15, -0.1) is 11.6 Å². The molecular weight excluding hydrogens is 212 g/mol. The molecule has 0 aliphatic rings. The lowest BCUT2D eigenvalue weighted by Gasteiger charge is -2.08. The number of ketones is 1. The number of carbonyl (C=O) groups is 1. The summed E-state index contributed by atoms with van der Waals surface area (Å²) in [6, 6.07) is 7.32. The topological polar surface area (TPSA) is 26.3 Å². The maximum absolute atomic E-state index is 11.4. The third kappa shape index (κ3) is 3.24. The Morgan fingerprint density at radius 2 is 1.93 bits per heavy atom. The Morgan fingerprint density at radius 1 is 1.33 bits per heavy atom. The average molecular weight is 227 g/mol. The van der Waals surface area contributed by atoms with Crippen molar-refractivity contribution in [2.45, 2.75) is 25.6 Å². The predicted octanol–water partition coefficient (Wildman–Crippen LogP) is 3.34. The minimum absolute atomic E-state index is 0.0424. The van der Waals surface area contributed by atoms with E-state index in [2.05, 4.69) is 0 Å². The van der Waals surface area contributed by atoms with Gasteiger partial charge >= 0.3 is 0 Å². The first-order chi connectivity index (χ1) is 7.19. The van der Waals surface area contributed by atoms with Crippen molar-refractivity contribution < 1.29 is 9.53 Å². The van der Waals surface area contributed by atoms with Crippen molar-refractivity contribution in [3.05, 3.63) is 29.8 Å². The van der Waals surface area contributed by atoms with E-state index in [9.17, 15) is 4.79 Å². The van der Waals surface area contributed by atoms with Crippen molar-refractivity contribution in [3.63, 3.8) is 0 Å². The summed E-state index contributed by atoms with van der Waals surface area (Å²) in [5.74, 6) is 0.842. The first-order valence-electron chi connectivity index (χ1n) is 5.08. The molecule has 0 heterocycles. The van der Waals surface area contributed by atoms with E-state index in [0.29, 0.717) is 13.0 Å². The maximum atomic E-state index is 11.4. The molecule has 1 unspecified atom stereocenters. The molecule has 15 heavy (non-hydrogen) atoms. The van der Waals surface area contributed by atoms with Gasteiger partial charge in [0.15, 0.2) is 5.78 Å². The first kappa shape index (κ1) is 12.1. The van der Waals surface area contributed by atoms with Crippen molar-refractivity contribution in [1.82, 2.24) is 0 Å². The molecule has 82 valence electrons. The van der Waals surface area contributed by atoms with Crippen LogP contribution in [0.4, 0.5) is 0 Å². The standard InChI is InChI=1S/C12H15ClO2/c1-3-11(14)12(13)9-5-7-10(8-6-9)15-4-2/h5-8,12H,3-4H2,1-2H3. The monoisotopic (exact) mass is 226 g/mol. The third-order valence-corrected chi connectivity index (χ3v) is 2.61. The number of ether oxygens (including phenoxy) is 1. The summed E-state index contributed by atoms with van der Waals surface area (Å²) in [5.41, 5.74) is 0.826. The number of rotatable bonds is 5. The van der Waals surface area contributed by atoms with Gasteiger partial charge in [0, 0.05) is 6.42 Å². The van der Waals surface area contributed by atoms with Gasteiger partial charge in [-0.25, -0.2) is 0 Å². The van der Waals surface area contributed by atoms with E-state index >= 15 is 0 Å². The van der Waals surface area contributed by atoms with E-state index in [1.165, 1.54) is 0 Å². The molecule has 1 aromatic carbocycles. The minimum Gasteiger partial charge on any atom is -0.494 e. The molecule has 0 aliphatic carbocycles. The normalized spacial score (nSPS) is 12.2. The van der Waals surface area contributed by atoms with Crippen LogP contribution in [0, 0.1) is 0 Å². The quantitative estimate of drug-likeness (QED) is 0.720. The zero-order valence-corrected chi connectivity index (χ0v) is 9.75. The Balaban J connectivity index is 2.75. The Morgan fingerprint density at radius 3 is 2.40 bits per heavy atom. The van der Waals surface area contributed by atoms with Gasteiger partial charge in [0.1, 0.15) is 11.1 Å². The highest BCUT2D eigenvalue weighted by atomic mass is 35.5. The van der Waals surface area contributed by atoms with Gasteiger partial charge in [-0.2, -0.15) is 0 Å². The highest BCUT2D eigenvalue weighted by Gasteiger charge is 2.15. The second-order valence-corrected chi connectivity index (χ2v) is 3.62. The van der Waals surface area contributed by atoms with Crippen LogP contribution in [0.1, 0.15) is 31.2 Å². The second-order valence-electron chi connectivity index (χ2n) is 3.18. The van der Waals surface area contributed by atoms with Crippen LogP contribution in [0.3, 0.4) is 0 Å². The largest absolute Gasteiger partial charge is 0.494 e. The van der Waals surface area contributed by atoms with Crippen molar-refractivity contribution in [2.75, 3.05) is 6.61 Å². The van der Waals surface area contributed by atoms with Crippen molar-refractivity contribution >= 4 is 17.4 Å². The number of alkyl halides is 1. The summed E-state index contributed by atoms with van der Waals surface area (Å²) in [7, 11) is 0. The molecule has 0 aliphatic heterocycles. The van der Waals surface area contributed by atoms with Gasteiger partial charge in [0.05, 0.1) is 6.61 Å². The molecule has 1 atom stereocenters. The summed E-state index contributed by atoms with van der Waals surface area (Å²) in [4.78, 5) is 11.4. The molecule has 3 heteroatoms. The molecule has 0 fully saturated rings. The van der Waals surface area contributed by atoms with E-state index < -0.39 is 5.38 Å². The van der Waals surface area contributed by atoms with Gasteiger partial charge in [-0.1, -0.05) is 19.1 Å². The van der Waals surface area contributed by atoms with Crippen LogP contribution in [-0.2, 0) is 4.79 Å². The lowest BCUT2D eigenvalue weighted by Crippen LogP contribution is -2.04. The van der Waals surface area contributed by atoms with Crippen LogP contribution < -0.4 is 4.74 Å². The molecule has 0 amide bonds. The van der Waals surface area contributed by atoms with E-state index in [1.54, 1.807) is 0 Å². The minimum atomic E-state index is -0.536. The molecule has 0 saturated carbocycles. The second kappa shape index (κ2) is 5.76. The van der Waals surface area contributed by atoms with Crippen LogP contribution in [0.5, 0.6) is 5.75 Å². The zero-order chi connectivity index (χ0) is 11.3. The molecule has 0 radical (unpaired) electrons. The van der Waals surface area contributed by atoms with Gasteiger partial charge in [0.25, 0.3) is 0 Å². The van der Waals surface area contributed by atoms with Crippen LogP contribution >= 0.6 is 11.6 Å². The Labute approximate surface area is 95.2 Å². The SMILES string of the molecule is CCOc1ccc(C(Cl)C(=O)CC)cc1. The summed E-state index contributed by atoms with van der Waals surface area (Å²) in [5, 5.41) is -0.536. The Hall–Kier alpha value is -1.02. The van der Waals surface area contributed by atoms with Crippen LogP contribution in [0.15, 0.2) is 24.3 Å². The lowest BCUT2D eigenvalue weighted by molar-refractivity contribution is -0.118. The Kier molecular flexibility index (Phi) is 4.63. The molecule has 0 N–H and O–H groups in total. The fourth-order valence-corrected chi connectivity index (χ4v) is 1.56. The predicted molar refractivity (Wildman–Crippen MR) is 61.5 cm³/mol. The highest BCUT2D eigenvalue weighted by Crippen LogP contribution is 2.24. The summed E-state index contributed by atoms with van der Waals surface area (Å²) >= 11 is 6.00. The smallest absolute Gasteiger partial charge is 0.154 e. The fraction of sp³-hybridized carbons (Fsp3) is 0.417. The van der Waals surface area contributed by atoms with Gasteiger partial charge < -0.3 is 4.74 Å². The lowest BCUT2D eigenvalue weighted by atomic mass is 10.1. The molecule has 1 rings (SSSR count). The Bertz CT molecular complexity index is 319. The molecular formula is C12H15ClO2. The summed E-state index contributed by atoms with van der Waals surface area (Å²) in [6.45, 7) is 4.38. The number of halogens is 1. The van der Waals surface area contributed by atoms with Gasteiger partial charge in [-0.3, -0.25) is 4.79 Å². The first-order valence-corrected chi connectivity index (χ1v) is 5.52. The molecule has 0 aromatic heterocycles. The van der Waals surface area contributed by atoms with E-state index in [4.69, 9.17) is 16.3 Å². The maximum Gasteiger partial charge on any atom is 0.154 e. The number of benzene rings is 1. The molecule has 0 saturated heterocycles. The van der Waals surface area contributed by atoms with Crippen molar-refractivity contribution in [3.8, 4) is 5.75 Å². The van der Waals surface area contributed by atoms with Crippen LogP contribution in [0.25, 0.3) is 0 Å². The molecule has 0 bridgehead atoms. The third-order valence-electron chi connectivity index (χ3n) is 2.11. The average Bonchev–Trinajstić information content (AvgIpc) is 2.28. The molecule has 0 spiro atoms.